The predicted octanol–water partition coefficient (Wildman–Crippen LogP) is 5.26. The number of aromatic nitrogens is 1. The van der Waals surface area contributed by atoms with E-state index in [-0.39, 0.29) is 5.91 Å². The fraction of sp³-hybridized carbons (Fsp3) is 0.0435. The van der Waals surface area contributed by atoms with E-state index in [9.17, 15) is 4.79 Å². The van der Waals surface area contributed by atoms with Gasteiger partial charge in [-0.3, -0.25) is 4.79 Å². The van der Waals surface area contributed by atoms with E-state index in [1.165, 1.54) is 0 Å². The number of hydrazone groups is 1. The standard InChI is InChI=1S/C23H18ClN3O2/c1-29-18-11-12-20-19(13-18)21(16-5-3-2-4-6-16)22(26-20)23(28)27-25-14-15-7-9-17(24)10-8-15/h2-14,26H,1H3,(H,27,28)/b25-14-. The molecule has 29 heavy (non-hydrogen) atoms. The van der Waals surface area contributed by atoms with Crippen molar-refractivity contribution in [1.82, 2.24) is 10.4 Å². The molecular formula is C23H18ClN3O2. The van der Waals surface area contributed by atoms with E-state index in [4.69, 9.17) is 16.3 Å². The molecule has 0 saturated carbocycles. The van der Waals surface area contributed by atoms with Crippen molar-refractivity contribution in [2.24, 2.45) is 5.10 Å². The molecule has 0 spiro atoms. The second-order valence-corrected chi connectivity index (χ2v) is 6.84. The first kappa shape index (κ1) is 18.8. The van der Waals surface area contributed by atoms with Crippen LogP contribution in [0.15, 0.2) is 77.9 Å². The Morgan fingerprint density at radius 2 is 1.83 bits per heavy atom. The van der Waals surface area contributed by atoms with Crippen LogP contribution in [-0.4, -0.2) is 24.2 Å². The minimum absolute atomic E-state index is 0.329. The molecule has 0 fully saturated rings. The summed E-state index contributed by atoms with van der Waals surface area (Å²) in [5.74, 6) is 0.394. The second-order valence-electron chi connectivity index (χ2n) is 6.40. The van der Waals surface area contributed by atoms with E-state index >= 15 is 0 Å². The van der Waals surface area contributed by atoms with Crippen molar-refractivity contribution >= 4 is 34.6 Å². The molecule has 0 atom stereocenters. The summed E-state index contributed by atoms with van der Waals surface area (Å²) in [7, 11) is 1.62. The summed E-state index contributed by atoms with van der Waals surface area (Å²) < 4.78 is 5.36. The van der Waals surface area contributed by atoms with Crippen LogP contribution >= 0.6 is 11.6 Å². The average Bonchev–Trinajstić information content (AvgIpc) is 3.14. The van der Waals surface area contributed by atoms with Gasteiger partial charge in [0.1, 0.15) is 11.4 Å². The maximum Gasteiger partial charge on any atom is 0.288 e. The van der Waals surface area contributed by atoms with Crippen molar-refractivity contribution in [1.29, 1.82) is 0 Å². The molecule has 0 saturated heterocycles. The molecule has 4 rings (SSSR count). The number of H-pyrrole nitrogens is 1. The SMILES string of the molecule is COc1ccc2[nH]c(C(=O)N/N=C\c3ccc(Cl)cc3)c(-c3ccccc3)c2c1. The lowest BCUT2D eigenvalue weighted by Crippen LogP contribution is -2.18. The zero-order chi connectivity index (χ0) is 20.2. The molecule has 3 aromatic carbocycles. The molecule has 0 aliphatic heterocycles. The maximum atomic E-state index is 12.9. The molecule has 1 amide bonds. The van der Waals surface area contributed by atoms with Crippen LogP contribution in [0, 0.1) is 0 Å². The topological polar surface area (TPSA) is 66.5 Å². The summed E-state index contributed by atoms with van der Waals surface area (Å²) in [5.41, 5.74) is 6.45. The smallest absolute Gasteiger partial charge is 0.288 e. The van der Waals surface area contributed by atoms with Gasteiger partial charge in [0, 0.05) is 21.5 Å². The third kappa shape index (κ3) is 4.00. The molecule has 144 valence electrons. The van der Waals surface area contributed by atoms with Crippen LogP contribution in [0.1, 0.15) is 16.1 Å². The molecule has 0 radical (unpaired) electrons. The summed E-state index contributed by atoms with van der Waals surface area (Å²) in [6.07, 6.45) is 1.57. The normalized spacial score (nSPS) is 11.1. The molecular weight excluding hydrogens is 386 g/mol. The third-order valence-corrected chi connectivity index (χ3v) is 4.80. The number of benzene rings is 3. The van der Waals surface area contributed by atoms with Crippen LogP contribution in [0.4, 0.5) is 0 Å². The minimum Gasteiger partial charge on any atom is -0.497 e. The van der Waals surface area contributed by atoms with Crippen LogP contribution < -0.4 is 10.2 Å². The number of hydrogen-bond donors (Lipinski definition) is 2. The molecule has 0 aliphatic rings. The Morgan fingerprint density at radius 3 is 2.55 bits per heavy atom. The summed E-state index contributed by atoms with van der Waals surface area (Å²) in [6.45, 7) is 0. The van der Waals surface area contributed by atoms with E-state index in [0.717, 1.165) is 33.3 Å². The largest absolute Gasteiger partial charge is 0.497 e. The molecule has 6 heteroatoms. The highest BCUT2D eigenvalue weighted by Gasteiger charge is 2.19. The van der Waals surface area contributed by atoms with Gasteiger partial charge in [0.15, 0.2) is 0 Å². The van der Waals surface area contributed by atoms with Gasteiger partial charge in [-0.05, 0) is 41.5 Å². The van der Waals surface area contributed by atoms with Gasteiger partial charge in [-0.15, -0.1) is 0 Å². The van der Waals surface area contributed by atoms with E-state index < -0.39 is 0 Å². The number of rotatable bonds is 5. The van der Waals surface area contributed by atoms with Crippen LogP contribution in [0.3, 0.4) is 0 Å². The van der Waals surface area contributed by atoms with E-state index in [2.05, 4.69) is 15.5 Å². The number of aromatic amines is 1. The number of nitrogens with one attached hydrogen (secondary N) is 2. The van der Waals surface area contributed by atoms with Crippen molar-refractivity contribution in [3.05, 3.63) is 89.1 Å². The van der Waals surface area contributed by atoms with Gasteiger partial charge < -0.3 is 9.72 Å². The zero-order valence-corrected chi connectivity index (χ0v) is 16.4. The van der Waals surface area contributed by atoms with Crippen LogP contribution in [0.5, 0.6) is 5.75 Å². The predicted molar refractivity (Wildman–Crippen MR) is 117 cm³/mol. The van der Waals surface area contributed by atoms with Gasteiger partial charge in [0.05, 0.1) is 13.3 Å². The number of carbonyl (C=O) groups is 1. The molecule has 5 nitrogen and oxygen atoms in total. The summed E-state index contributed by atoms with van der Waals surface area (Å²) in [6, 6.07) is 22.6. The first-order valence-electron chi connectivity index (χ1n) is 9.00. The van der Waals surface area contributed by atoms with E-state index in [0.29, 0.717) is 10.7 Å². The number of methoxy groups -OCH3 is 1. The van der Waals surface area contributed by atoms with Gasteiger partial charge >= 0.3 is 0 Å². The minimum atomic E-state index is -0.329. The van der Waals surface area contributed by atoms with Crippen molar-refractivity contribution in [2.45, 2.75) is 0 Å². The first-order chi connectivity index (χ1) is 14.2. The molecule has 4 aromatic rings. The Labute approximate surface area is 173 Å². The fourth-order valence-corrected chi connectivity index (χ4v) is 3.27. The highest BCUT2D eigenvalue weighted by molar-refractivity contribution is 6.30. The molecule has 1 heterocycles. The monoisotopic (exact) mass is 403 g/mol. The Morgan fingerprint density at radius 1 is 1.07 bits per heavy atom. The van der Waals surface area contributed by atoms with Crippen molar-refractivity contribution in [3.63, 3.8) is 0 Å². The van der Waals surface area contributed by atoms with E-state index in [1.807, 2.05) is 60.7 Å². The molecule has 0 aliphatic carbocycles. The Kier molecular flexibility index (Phi) is 5.31. The number of carbonyl (C=O) groups excluding carboxylic acids is 1. The first-order valence-corrected chi connectivity index (χ1v) is 9.37. The average molecular weight is 404 g/mol. The van der Waals surface area contributed by atoms with Gasteiger partial charge in [0.2, 0.25) is 0 Å². The highest BCUT2D eigenvalue weighted by atomic mass is 35.5. The summed E-state index contributed by atoms with van der Waals surface area (Å²) in [4.78, 5) is 16.1. The van der Waals surface area contributed by atoms with Gasteiger partial charge in [0.25, 0.3) is 5.91 Å². The number of halogens is 1. The van der Waals surface area contributed by atoms with Crippen molar-refractivity contribution < 1.29 is 9.53 Å². The van der Waals surface area contributed by atoms with Gasteiger partial charge in [-0.1, -0.05) is 54.1 Å². The fourth-order valence-electron chi connectivity index (χ4n) is 3.14. The van der Waals surface area contributed by atoms with Crippen LogP contribution in [0.25, 0.3) is 22.0 Å². The van der Waals surface area contributed by atoms with Crippen LogP contribution in [-0.2, 0) is 0 Å². The molecule has 2 N–H and O–H groups in total. The lowest BCUT2D eigenvalue weighted by Gasteiger charge is -2.05. The Bertz CT molecular complexity index is 1180. The number of amides is 1. The van der Waals surface area contributed by atoms with E-state index in [1.54, 1.807) is 25.5 Å². The Hall–Kier alpha value is -3.57. The molecule has 0 unspecified atom stereocenters. The molecule has 1 aromatic heterocycles. The maximum absolute atomic E-state index is 12.9. The van der Waals surface area contributed by atoms with Gasteiger partial charge in [-0.25, -0.2) is 5.43 Å². The van der Waals surface area contributed by atoms with Crippen molar-refractivity contribution in [3.8, 4) is 16.9 Å². The summed E-state index contributed by atoms with van der Waals surface area (Å²) >= 11 is 5.88. The van der Waals surface area contributed by atoms with Gasteiger partial charge in [-0.2, -0.15) is 5.10 Å². The second kappa shape index (κ2) is 8.20. The lowest BCUT2D eigenvalue weighted by atomic mass is 10.0. The number of fused-ring (bicyclic) bond motifs is 1. The van der Waals surface area contributed by atoms with Crippen molar-refractivity contribution in [2.75, 3.05) is 7.11 Å². The number of nitrogens with zero attached hydrogens (tertiary/aromatic N) is 1. The summed E-state index contributed by atoms with van der Waals surface area (Å²) in [5, 5.41) is 5.62. The third-order valence-electron chi connectivity index (χ3n) is 4.54. The highest BCUT2D eigenvalue weighted by Crippen LogP contribution is 2.34. The Balaban J connectivity index is 1.70. The zero-order valence-electron chi connectivity index (χ0n) is 15.6. The quantitative estimate of drug-likeness (QED) is 0.352. The lowest BCUT2D eigenvalue weighted by molar-refractivity contribution is 0.0951. The number of hydrogen-bond acceptors (Lipinski definition) is 3. The number of ether oxygens (including phenoxy) is 1. The molecule has 0 bridgehead atoms. The van der Waals surface area contributed by atoms with Crippen LogP contribution in [0.2, 0.25) is 5.02 Å².